The van der Waals surface area contributed by atoms with Crippen molar-refractivity contribution >= 4 is 28.6 Å². The molecule has 1 aromatic heterocycles. The minimum atomic E-state index is -0.110. The molecular formula is C17H18ClN3O. The Balaban J connectivity index is 1.97. The van der Waals surface area contributed by atoms with Gasteiger partial charge in [0.2, 0.25) is 5.95 Å². The lowest BCUT2D eigenvalue weighted by molar-refractivity contribution is 0.465. The molecule has 0 aliphatic carbocycles. The maximum atomic E-state index is 10.0. The maximum absolute atomic E-state index is 10.0. The van der Waals surface area contributed by atoms with Crippen LogP contribution in [0.1, 0.15) is 25.5 Å². The first kappa shape index (κ1) is 14.7. The van der Waals surface area contributed by atoms with E-state index >= 15 is 0 Å². The molecule has 22 heavy (non-hydrogen) atoms. The van der Waals surface area contributed by atoms with Gasteiger partial charge in [-0.25, -0.2) is 4.98 Å². The van der Waals surface area contributed by atoms with Crippen molar-refractivity contribution in [3.8, 4) is 5.75 Å². The molecule has 1 atom stereocenters. The van der Waals surface area contributed by atoms with Gasteiger partial charge in [0.15, 0.2) is 0 Å². The molecule has 0 spiro atoms. The highest BCUT2D eigenvalue weighted by Crippen LogP contribution is 2.30. The average molecular weight is 316 g/mol. The molecule has 5 heteroatoms. The molecule has 0 aliphatic heterocycles. The molecule has 114 valence electrons. The van der Waals surface area contributed by atoms with Crippen LogP contribution in [0.25, 0.3) is 11.0 Å². The summed E-state index contributed by atoms with van der Waals surface area (Å²) in [5, 5.41) is 14.0. The molecule has 3 rings (SSSR count). The van der Waals surface area contributed by atoms with Gasteiger partial charge in [0.25, 0.3) is 0 Å². The third-order valence-electron chi connectivity index (χ3n) is 3.77. The lowest BCUT2D eigenvalue weighted by atomic mass is 10.1. The minimum absolute atomic E-state index is 0.110. The lowest BCUT2D eigenvalue weighted by Crippen LogP contribution is -2.11. The van der Waals surface area contributed by atoms with E-state index in [1.165, 1.54) is 0 Å². The number of fused-ring (bicyclic) bond motifs is 1. The first-order chi connectivity index (χ1) is 10.6. The van der Waals surface area contributed by atoms with Gasteiger partial charge < -0.3 is 15.0 Å². The van der Waals surface area contributed by atoms with Crippen LogP contribution < -0.4 is 5.32 Å². The van der Waals surface area contributed by atoms with Crippen LogP contribution in [-0.4, -0.2) is 14.7 Å². The number of nitrogens with one attached hydrogen (secondary N) is 1. The van der Waals surface area contributed by atoms with Gasteiger partial charge in [-0.3, -0.25) is 0 Å². The molecule has 0 bridgehead atoms. The third kappa shape index (κ3) is 2.62. The minimum Gasteiger partial charge on any atom is -0.508 e. The number of hydrogen-bond donors (Lipinski definition) is 2. The Hall–Kier alpha value is -2.20. The number of phenolic OH excluding ortho intramolecular Hbond substituents is 1. The second-order valence-corrected chi connectivity index (χ2v) is 5.67. The van der Waals surface area contributed by atoms with Gasteiger partial charge in [0.1, 0.15) is 5.75 Å². The smallest absolute Gasteiger partial charge is 0.204 e. The SMILES string of the molecule is CCn1c(N[C@@H](C)c2cc(Cl)ccc2O)nc2ccccc21. The predicted molar refractivity (Wildman–Crippen MR) is 90.6 cm³/mol. The molecule has 0 saturated carbocycles. The molecule has 3 aromatic rings. The first-order valence-electron chi connectivity index (χ1n) is 7.30. The van der Waals surface area contributed by atoms with E-state index in [4.69, 9.17) is 11.6 Å². The normalized spacial score (nSPS) is 12.5. The van der Waals surface area contributed by atoms with Gasteiger partial charge in [-0.1, -0.05) is 23.7 Å². The summed E-state index contributed by atoms with van der Waals surface area (Å²) in [5.41, 5.74) is 2.80. The third-order valence-corrected chi connectivity index (χ3v) is 4.01. The summed E-state index contributed by atoms with van der Waals surface area (Å²) in [6, 6.07) is 13.0. The van der Waals surface area contributed by atoms with Crippen molar-refractivity contribution in [2.24, 2.45) is 0 Å². The number of imidazole rings is 1. The highest BCUT2D eigenvalue weighted by atomic mass is 35.5. The molecule has 0 fully saturated rings. The van der Waals surface area contributed by atoms with Gasteiger partial charge in [-0.2, -0.15) is 0 Å². The Labute approximate surface area is 134 Å². The van der Waals surface area contributed by atoms with Crippen molar-refractivity contribution in [2.45, 2.75) is 26.4 Å². The average Bonchev–Trinajstić information content (AvgIpc) is 2.86. The fourth-order valence-electron chi connectivity index (χ4n) is 2.65. The Morgan fingerprint density at radius 2 is 2.05 bits per heavy atom. The molecule has 0 saturated heterocycles. The number of halogens is 1. The molecule has 4 nitrogen and oxygen atoms in total. The zero-order chi connectivity index (χ0) is 15.7. The van der Waals surface area contributed by atoms with E-state index in [0.29, 0.717) is 5.02 Å². The summed E-state index contributed by atoms with van der Waals surface area (Å²) in [6.45, 7) is 4.88. The Morgan fingerprint density at radius 3 is 2.82 bits per heavy atom. The molecule has 2 N–H and O–H groups in total. The van der Waals surface area contributed by atoms with E-state index in [1.54, 1.807) is 18.2 Å². The number of aromatic nitrogens is 2. The lowest BCUT2D eigenvalue weighted by Gasteiger charge is -2.17. The fraction of sp³-hybridized carbons (Fsp3) is 0.235. The number of anilines is 1. The number of aromatic hydroxyl groups is 1. The van der Waals surface area contributed by atoms with Gasteiger partial charge in [-0.15, -0.1) is 0 Å². The van der Waals surface area contributed by atoms with Crippen LogP contribution in [0.5, 0.6) is 5.75 Å². The maximum Gasteiger partial charge on any atom is 0.204 e. The van der Waals surface area contributed by atoms with Crippen molar-refractivity contribution in [3.63, 3.8) is 0 Å². The van der Waals surface area contributed by atoms with Crippen LogP contribution in [0.4, 0.5) is 5.95 Å². The Bertz CT molecular complexity index is 813. The van der Waals surface area contributed by atoms with E-state index in [1.807, 2.05) is 25.1 Å². The highest BCUT2D eigenvalue weighted by molar-refractivity contribution is 6.30. The van der Waals surface area contributed by atoms with E-state index in [9.17, 15) is 5.11 Å². The van der Waals surface area contributed by atoms with Crippen molar-refractivity contribution in [3.05, 3.63) is 53.1 Å². The van der Waals surface area contributed by atoms with Crippen LogP contribution in [0.3, 0.4) is 0 Å². The number of rotatable bonds is 4. The molecule has 0 unspecified atom stereocenters. The van der Waals surface area contributed by atoms with Crippen LogP contribution in [0.15, 0.2) is 42.5 Å². The van der Waals surface area contributed by atoms with E-state index in [-0.39, 0.29) is 11.8 Å². The van der Waals surface area contributed by atoms with E-state index in [0.717, 1.165) is 29.1 Å². The topological polar surface area (TPSA) is 50.1 Å². The van der Waals surface area contributed by atoms with E-state index < -0.39 is 0 Å². The van der Waals surface area contributed by atoms with Crippen LogP contribution in [0.2, 0.25) is 5.02 Å². The van der Waals surface area contributed by atoms with Gasteiger partial charge >= 0.3 is 0 Å². The molecule has 1 heterocycles. The second-order valence-electron chi connectivity index (χ2n) is 5.24. The number of para-hydroxylation sites is 2. The monoisotopic (exact) mass is 315 g/mol. The number of hydrogen-bond acceptors (Lipinski definition) is 3. The van der Waals surface area contributed by atoms with Gasteiger partial charge in [0.05, 0.1) is 17.1 Å². The largest absolute Gasteiger partial charge is 0.508 e. The number of nitrogens with zero attached hydrogens (tertiary/aromatic N) is 2. The molecule has 0 amide bonds. The summed E-state index contributed by atoms with van der Waals surface area (Å²) in [6.07, 6.45) is 0. The van der Waals surface area contributed by atoms with Crippen molar-refractivity contribution < 1.29 is 5.11 Å². The molecular weight excluding hydrogens is 298 g/mol. The van der Waals surface area contributed by atoms with Crippen molar-refractivity contribution in [2.75, 3.05) is 5.32 Å². The second kappa shape index (κ2) is 5.89. The van der Waals surface area contributed by atoms with Crippen molar-refractivity contribution in [1.82, 2.24) is 9.55 Å². The van der Waals surface area contributed by atoms with Crippen LogP contribution in [-0.2, 0) is 6.54 Å². The summed E-state index contributed by atoms with van der Waals surface area (Å²) >= 11 is 6.03. The molecule has 0 radical (unpaired) electrons. The van der Waals surface area contributed by atoms with Crippen LogP contribution >= 0.6 is 11.6 Å². The number of aryl methyl sites for hydroxylation is 1. The molecule has 2 aromatic carbocycles. The van der Waals surface area contributed by atoms with Gasteiger partial charge in [-0.05, 0) is 44.2 Å². The predicted octanol–water partition coefficient (Wildman–Crippen LogP) is 4.59. The van der Waals surface area contributed by atoms with E-state index in [2.05, 4.69) is 27.9 Å². The van der Waals surface area contributed by atoms with Crippen molar-refractivity contribution in [1.29, 1.82) is 0 Å². The summed E-state index contributed by atoms with van der Waals surface area (Å²) < 4.78 is 2.12. The summed E-state index contributed by atoms with van der Waals surface area (Å²) in [5.74, 6) is 1.01. The standard InChI is InChI=1S/C17H18ClN3O/c1-3-21-15-7-5-4-6-14(15)20-17(21)19-11(2)13-10-12(18)8-9-16(13)22/h4-11,22H,3H2,1-2H3,(H,19,20)/t11-/m0/s1. The zero-order valence-corrected chi connectivity index (χ0v) is 13.3. The quantitative estimate of drug-likeness (QED) is 0.740. The summed E-state index contributed by atoms with van der Waals surface area (Å²) in [7, 11) is 0. The Morgan fingerprint density at radius 1 is 1.27 bits per heavy atom. The zero-order valence-electron chi connectivity index (χ0n) is 12.5. The number of benzene rings is 2. The highest BCUT2D eigenvalue weighted by Gasteiger charge is 2.15. The molecule has 0 aliphatic rings. The Kier molecular flexibility index (Phi) is 3.94. The first-order valence-corrected chi connectivity index (χ1v) is 7.68. The summed E-state index contributed by atoms with van der Waals surface area (Å²) in [4.78, 5) is 4.64. The van der Waals surface area contributed by atoms with Gasteiger partial charge in [0, 0.05) is 17.1 Å². The number of phenols is 1. The van der Waals surface area contributed by atoms with Crippen LogP contribution in [0, 0.1) is 0 Å². The fourth-order valence-corrected chi connectivity index (χ4v) is 2.83.